The maximum Gasteiger partial charge on any atom is 0.341 e. The molecule has 10 heteroatoms. The number of ether oxygens (including phenoxy) is 1. The van der Waals surface area contributed by atoms with Gasteiger partial charge in [0.05, 0.1) is 29.4 Å². The van der Waals surface area contributed by atoms with Gasteiger partial charge in [0.15, 0.2) is 9.84 Å². The lowest BCUT2D eigenvalue weighted by Crippen LogP contribution is -2.20. The quantitative estimate of drug-likeness (QED) is 0.711. The second-order valence-corrected chi connectivity index (χ2v) is 10.0. The molecular weight excluding hydrogens is 402 g/mol. The molecule has 0 saturated carbocycles. The van der Waals surface area contributed by atoms with Gasteiger partial charge in [-0.25, -0.2) is 13.2 Å². The van der Waals surface area contributed by atoms with Crippen molar-refractivity contribution in [3.63, 3.8) is 0 Å². The Balaban J connectivity index is 1.80. The largest absolute Gasteiger partial charge is 0.462 e. The fourth-order valence-corrected chi connectivity index (χ4v) is 6.28. The number of aromatic nitrogens is 2. The van der Waals surface area contributed by atoms with Crippen molar-refractivity contribution in [3.8, 4) is 0 Å². The molecule has 152 valence electrons. The second kappa shape index (κ2) is 8.04. The molecule has 0 atom stereocenters. The van der Waals surface area contributed by atoms with Crippen LogP contribution in [0.3, 0.4) is 0 Å². The summed E-state index contributed by atoms with van der Waals surface area (Å²) in [4.78, 5) is 25.5. The molecule has 2 aromatic rings. The molecule has 0 unspecified atom stereocenters. The first kappa shape index (κ1) is 20.5. The third kappa shape index (κ3) is 4.44. The smallest absolute Gasteiger partial charge is 0.341 e. The molecule has 3 heterocycles. The van der Waals surface area contributed by atoms with Gasteiger partial charge in [0.25, 0.3) is 0 Å². The molecule has 1 amide bonds. The van der Waals surface area contributed by atoms with E-state index in [-0.39, 0.29) is 42.4 Å². The van der Waals surface area contributed by atoms with Gasteiger partial charge in [0.1, 0.15) is 5.00 Å². The van der Waals surface area contributed by atoms with E-state index in [1.54, 1.807) is 11.6 Å². The van der Waals surface area contributed by atoms with E-state index in [0.717, 1.165) is 22.7 Å². The standard InChI is InChI=1S/C18H23N3O5S2/c1-4-26-18(23)16-13-6-8-28(24,25)10-14(13)27-17(16)19-15(22)5-7-21-12(3)9-11(2)20-21/h9H,4-8,10H2,1-3H3,(H,19,22). The molecule has 8 nitrogen and oxygen atoms in total. The maximum atomic E-state index is 12.5. The minimum atomic E-state index is -3.18. The number of hydrogen-bond acceptors (Lipinski definition) is 7. The summed E-state index contributed by atoms with van der Waals surface area (Å²) < 4.78 is 30.8. The fraction of sp³-hybridized carbons (Fsp3) is 0.500. The number of sulfone groups is 1. The molecule has 28 heavy (non-hydrogen) atoms. The van der Waals surface area contributed by atoms with Crippen LogP contribution in [0.5, 0.6) is 0 Å². The molecule has 3 rings (SSSR count). The summed E-state index contributed by atoms with van der Waals surface area (Å²) in [7, 11) is -3.18. The van der Waals surface area contributed by atoms with Crippen LogP contribution in [0, 0.1) is 13.8 Å². The predicted octanol–water partition coefficient (Wildman–Crippen LogP) is 2.24. The molecule has 0 aromatic carbocycles. The van der Waals surface area contributed by atoms with E-state index in [1.165, 1.54) is 0 Å². The first-order valence-electron chi connectivity index (χ1n) is 9.03. The van der Waals surface area contributed by atoms with Gasteiger partial charge in [-0.1, -0.05) is 0 Å². The van der Waals surface area contributed by atoms with Gasteiger partial charge in [0, 0.05) is 23.5 Å². The summed E-state index contributed by atoms with van der Waals surface area (Å²) in [5, 5.41) is 7.46. The van der Waals surface area contributed by atoms with Crippen LogP contribution in [0.1, 0.15) is 45.5 Å². The van der Waals surface area contributed by atoms with Crippen molar-refractivity contribution < 1.29 is 22.7 Å². The number of aryl methyl sites for hydroxylation is 3. The zero-order chi connectivity index (χ0) is 20.5. The first-order valence-corrected chi connectivity index (χ1v) is 11.7. The normalized spacial score (nSPS) is 15.1. The Morgan fingerprint density at radius 3 is 2.75 bits per heavy atom. The number of rotatable bonds is 6. The Labute approximate surface area is 167 Å². The number of amides is 1. The molecule has 1 N–H and O–H groups in total. The van der Waals surface area contributed by atoms with Gasteiger partial charge in [-0.3, -0.25) is 9.48 Å². The van der Waals surface area contributed by atoms with E-state index in [0.29, 0.717) is 22.0 Å². The molecule has 0 spiro atoms. The second-order valence-electron chi connectivity index (χ2n) is 6.72. The maximum absolute atomic E-state index is 12.5. The summed E-state index contributed by atoms with van der Waals surface area (Å²) in [6.07, 6.45) is 0.440. The highest BCUT2D eigenvalue weighted by atomic mass is 32.2. The zero-order valence-electron chi connectivity index (χ0n) is 16.1. The van der Waals surface area contributed by atoms with E-state index < -0.39 is 15.8 Å². The van der Waals surface area contributed by atoms with Gasteiger partial charge >= 0.3 is 5.97 Å². The Kier molecular flexibility index (Phi) is 5.90. The molecule has 0 aliphatic carbocycles. The summed E-state index contributed by atoms with van der Waals surface area (Å²) in [5.74, 6) is -0.914. The van der Waals surface area contributed by atoms with Crippen LogP contribution < -0.4 is 5.32 Å². The number of esters is 1. The Morgan fingerprint density at radius 2 is 2.11 bits per heavy atom. The first-order chi connectivity index (χ1) is 13.2. The SMILES string of the molecule is CCOC(=O)c1c(NC(=O)CCn2nc(C)cc2C)sc2c1CCS(=O)(=O)C2. The molecular formula is C18H23N3O5S2. The number of nitrogens with zero attached hydrogens (tertiary/aromatic N) is 2. The van der Waals surface area contributed by atoms with Crippen LogP contribution in [0.2, 0.25) is 0 Å². The van der Waals surface area contributed by atoms with E-state index >= 15 is 0 Å². The number of thiophene rings is 1. The van der Waals surface area contributed by atoms with E-state index in [4.69, 9.17) is 4.74 Å². The Morgan fingerprint density at radius 1 is 1.36 bits per heavy atom. The molecule has 2 aromatic heterocycles. The topological polar surface area (TPSA) is 107 Å². The zero-order valence-corrected chi connectivity index (χ0v) is 17.7. The number of carbonyl (C=O) groups is 2. The van der Waals surface area contributed by atoms with E-state index in [1.807, 2.05) is 19.9 Å². The third-order valence-corrected chi connectivity index (χ3v) is 7.38. The van der Waals surface area contributed by atoms with Crippen molar-refractivity contribution >= 4 is 38.1 Å². The van der Waals surface area contributed by atoms with Crippen LogP contribution in [-0.4, -0.2) is 42.4 Å². The minimum absolute atomic E-state index is 0.00550. The summed E-state index contributed by atoms with van der Waals surface area (Å²) in [6.45, 7) is 6.13. The van der Waals surface area contributed by atoms with Gasteiger partial charge in [-0.2, -0.15) is 5.10 Å². The van der Waals surface area contributed by atoms with Crippen molar-refractivity contribution in [3.05, 3.63) is 33.5 Å². The number of anilines is 1. The lowest BCUT2D eigenvalue weighted by molar-refractivity contribution is -0.116. The monoisotopic (exact) mass is 425 g/mol. The number of nitrogens with one attached hydrogen (secondary N) is 1. The van der Waals surface area contributed by atoms with Gasteiger partial charge in [-0.15, -0.1) is 11.3 Å². The summed E-state index contributed by atoms with van der Waals surface area (Å²) in [6, 6.07) is 1.94. The van der Waals surface area contributed by atoms with Crippen molar-refractivity contribution in [2.24, 2.45) is 0 Å². The number of hydrogen-bond donors (Lipinski definition) is 1. The van der Waals surface area contributed by atoms with E-state index in [2.05, 4.69) is 10.4 Å². The minimum Gasteiger partial charge on any atom is -0.462 e. The van der Waals surface area contributed by atoms with Crippen molar-refractivity contribution in [2.75, 3.05) is 17.7 Å². The van der Waals surface area contributed by atoms with Gasteiger partial charge < -0.3 is 10.1 Å². The molecule has 0 radical (unpaired) electrons. The van der Waals surface area contributed by atoms with Crippen molar-refractivity contribution in [2.45, 2.75) is 45.9 Å². The Hall–Kier alpha value is -2.20. The number of carbonyl (C=O) groups excluding carboxylic acids is 2. The third-order valence-electron chi connectivity index (χ3n) is 4.49. The molecule has 0 bridgehead atoms. The van der Waals surface area contributed by atoms with Crippen LogP contribution in [0.25, 0.3) is 0 Å². The predicted molar refractivity (Wildman–Crippen MR) is 106 cm³/mol. The highest BCUT2D eigenvalue weighted by Gasteiger charge is 2.32. The van der Waals surface area contributed by atoms with Crippen molar-refractivity contribution in [1.29, 1.82) is 0 Å². The summed E-state index contributed by atoms with van der Waals surface area (Å²) in [5.41, 5.74) is 2.81. The average Bonchev–Trinajstić information content (AvgIpc) is 3.10. The van der Waals surface area contributed by atoms with Crippen LogP contribution >= 0.6 is 11.3 Å². The molecule has 1 aliphatic heterocycles. The van der Waals surface area contributed by atoms with Gasteiger partial charge in [0.2, 0.25) is 5.91 Å². The lowest BCUT2D eigenvalue weighted by atomic mass is 10.1. The molecule has 0 saturated heterocycles. The van der Waals surface area contributed by atoms with Crippen LogP contribution in [-0.2, 0) is 38.1 Å². The highest BCUT2D eigenvalue weighted by Crippen LogP contribution is 2.38. The summed E-state index contributed by atoms with van der Waals surface area (Å²) >= 11 is 1.14. The fourth-order valence-electron chi connectivity index (χ4n) is 3.23. The highest BCUT2D eigenvalue weighted by molar-refractivity contribution is 7.90. The lowest BCUT2D eigenvalue weighted by Gasteiger charge is -2.13. The molecule has 1 aliphatic rings. The van der Waals surface area contributed by atoms with Gasteiger partial charge in [-0.05, 0) is 38.8 Å². The molecule has 0 fully saturated rings. The van der Waals surface area contributed by atoms with E-state index in [9.17, 15) is 18.0 Å². The van der Waals surface area contributed by atoms with Crippen molar-refractivity contribution in [1.82, 2.24) is 9.78 Å². The Bertz CT molecular complexity index is 1020. The van der Waals surface area contributed by atoms with Crippen LogP contribution in [0.4, 0.5) is 5.00 Å². The number of fused-ring (bicyclic) bond motifs is 1. The average molecular weight is 426 g/mol. The van der Waals surface area contributed by atoms with Crippen LogP contribution in [0.15, 0.2) is 6.07 Å².